The van der Waals surface area contributed by atoms with Gasteiger partial charge in [0.2, 0.25) is 0 Å². The van der Waals surface area contributed by atoms with Crippen LogP contribution < -0.4 is 11.1 Å². The number of benzene rings is 1. The lowest BCUT2D eigenvalue weighted by Crippen LogP contribution is -2.11. The molecule has 0 saturated carbocycles. The van der Waals surface area contributed by atoms with Crippen LogP contribution in [0, 0.1) is 12.3 Å². The number of thiophene rings is 1. The predicted octanol–water partition coefficient (Wildman–Crippen LogP) is 3.11. The standard InChI is InChI=1S/C16H11N3OS/c1-2-10-5-3-6-11(9-10)19-15(20)14-13(17)12-7-4-8-18-16(12)21-14/h1,3-9H,17H2,(H,19,20). The molecule has 3 rings (SSSR count). The summed E-state index contributed by atoms with van der Waals surface area (Å²) in [6, 6.07) is 10.8. The van der Waals surface area contributed by atoms with E-state index in [0.717, 1.165) is 10.2 Å². The van der Waals surface area contributed by atoms with E-state index in [9.17, 15) is 4.79 Å². The van der Waals surface area contributed by atoms with Crippen molar-refractivity contribution in [3.63, 3.8) is 0 Å². The minimum absolute atomic E-state index is 0.260. The quantitative estimate of drug-likeness (QED) is 0.713. The number of rotatable bonds is 2. The molecule has 3 N–H and O–H groups in total. The number of amides is 1. The molecule has 5 heteroatoms. The van der Waals surface area contributed by atoms with Crippen molar-refractivity contribution in [3.05, 3.63) is 53.0 Å². The van der Waals surface area contributed by atoms with E-state index in [1.807, 2.05) is 6.07 Å². The Balaban J connectivity index is 1.94. The van der Waals surface area contributed by atoms with Gasteiger partial charge < -0.3 is 11.1 Å². The smallest absolute Gasteiger partial charge is 0.267 e. The van der Waals surface area contributed by atoms with Gasteiger partial charge in [-0.15, -0.1) is 17.8 Å². The summed E-state index contributed by atoms with van der Waals surface area (Å²) in [4.78, 5) is 17.8. The molecule has 0 radical (unpaired) electrons. The Morgan fingerprint density at radius 2 is 2.19 bits per heavy atom. The lowest BCUT2D eigenvalue weighted by atomic mass is 10.2. The predicted molar refractivity (Wildman–Crippen MR) is 86.4 cm³/mol. The van der Waals surface area contributed by atoms with Crippen molar-refractivity contribution in [2.45, 2.75) is 0 Å². The molecular formula is C16H11N3OS. The number of nitrogens with two attached hydrogens (primary N) is 1. The number of nitrogens with zero attached hydrogens (tertiary/aromatic N) is 1. The first-order chi connectivity index (χ1) is 10.2. The van der Waals surface area contributed by atoms with Crippen LogP contribution >= 0.6 is 11.3 Å². The van der Waals surface area contributed by atoms with Gasteiger partial charge in [-0.05, 0) is 30.3 Å². The van der Waals surface area contributed by atoms with Crippen molar-refractivity contribution in [2.24, 2.45) is 0 Å². The van der Waals surface area contributed by atoms with Crippen molar-refractivity contribution in [2.75, 3.05) is 11.1 Å². The zero-order valence-electron chi connectivity index (χ0n) is 11.0. The van der Waals surface area contributed by atoms with Gasteiger partial charge in [0.15, 0.2) is 0 Å². The van der Waals surface area contributed by atoms with E-state index in [0.29, 0.717) is 21.8 Å². The van der Waals surface area contributed by atoms with Gasteiger partial charge in [-0.25, -0.2) is 4.98 Å². The summed E-state index contributed by atoms with van der Waals surface area (Å²) in [5.74, 6) is 2.27. The minimum atomic E-state index is -0.260. The highest BCUT2D eigenvalue weighted by Gasteiger charge is 2.16. The number of carbonyl (C=O) groups excluding carboxylic acids is 1. The van der Waals surface area contributed by atoms with E-state index in [1.165, 1.54) is 11.3 Å². The van der Waals surface area contributed by atoms with Crippen LogP contribution in [0.5, 0.6) is 0 Å². The summed E-state index contributed by atoms with van der Waals surface area (Å²) in [5, 5.41) is 3.60. The van der Waals surface area contributed by atoms with Gasteiger partial charge in [0.25, 0.3) is 5.91 Å². The van der Waals surface area contributed by atoms with Crippen molar-refractivity contribution in [3.8, 4) is 12.3 Å². The molecule has 102 valence electrons. The SMILES string of the molecule is C#Cc1cccc(NC(=O)c2sc3ncccc3c2N)c1. The van der Waals surface area contributed by atoms with Crippen LogP contribution in [0.15, 0.2) is 42.6 Å². The first kappa shape index (κ1) is 13.2. The number of anilines is 2. The second kappa shape index (κ2) is 5.27. The van der Waals surface area contributed by atoms with Gasteiger partial charge in [-0.1, -0.05) is 12.0 Å². The Morgan fingerprint density at radius 1 is 1.33 bits per heavy atom. The molecule has 0 aliphatic rings. The first-order valence-electron chi connectivity index (χ1n) is 6.20. The largest absolute Gasteiger partial charge is 0.397 e. The molecular weight excluding hydrogens is 282 g/mol. The van der Waals surface area contributed by atoms with Gasteiger partial charge in [-0.2, -0.15) is 0 Å². The van der Waals surface area contributed by atoms with E-state index < -0.39 is 0 Å². The summed E-state index contributed by atoms with van der Waals surface area (Å²) in [6.07, 6.45) is 7.02. The van der Waals surface area contributed by atoms with E-state index in [1.54, 1.807) is 36.5 Å². The molecule has 2 heterocycles. The first-order valence-corrected chi connectivity index (χ1v) is 7.01. The maximum atomic E-state index is 12.3. The molecule has 0 unspecified atom stereocenters. The number of pyridine rings is 1. The van der Waals surface area contributed by atoms with Crippen molar-refractivity contribution >= 4 is 38.8 Å². The summed E-state index contributed by atoms with van der Waals surface area (Å²) in [6.45, 7) is 0. The van der Waals surface area contributed by atoms with Crippen LogP contribution in [0.1, 0.15) is 15.2 Å². The van der Waals surface area contributed by atoms with E-state index in [4.69, 9.17) is 12.2 Å². The second-order valence-corrected chi connectivity index (χ2v) is 5.38. The maximum Gasteiger partial charge on any atom is 0.267 e. The lowest BCUT2D eigenvalue weighted by Gasteiger charge is -2.04. The maximum absolute atomic E-state index is 12.3. The Morgan fingerprint density at radius 3 is 2.95 bits per heavy atom. The average Bonchev–Trinajstić information content (AvgIpc) is 2.85. The van der Waals surface area contributed by atoms with Crippen molar-refractivity contribution in [1.29, 1.82) is 0 Å². The third-order valence-corrected chi connectivity index (χ3v) is 4.13. The van der Waals surface area contributed by atoms with Crippen LogP contribution in [0.4, 0.5) is 11.4 Å². The third kappa shape index (κ3) is 2.45. The summed E-state index contributed by atoms with van der Waals surface area (Å²) in [7, 11) is 0. The zero-order chi connectivity index (χ0) is 14.8. The number of aromatic nitrogens is 1. The molecule has 3 aromatic rings. The molecule has 1 amide bonds. The van der Waals surface area contributed by atoms with Crippen LogP contribution in [0.3, 0.4) is 0 Å². The fourth-order valence-corrected chi connectivity index (χ4v) is 2.95. The number of carbonyl (C=O) groups is 1. The molecule has 0 aliphatic heterocycles. The number of terminal acetylenes is 1. The van der Waals surface area contributed by atoms with Gasteiger partial charge in [-0.3, -0.25) is 4.79 Å². The van der Waals surface area contributed by atoms with Crippen molar-refractivity contribution < 1.29 is 4.79 Å². The van der Waals surface area contributed by atoms with Crippen molar-refractivity contribution in [1.82, 2.24) is 4.98 Å². The zero-order valence-corrected chi connectivity index (χ0v) is 11.8. The Labute approximate surface area is 125 Å². The molecule has 0 fully saturated rings. The lowest BCUT2D eigenvalue weighted by molar-refractivity contribution is 0.103. The number of hydrogen-bond donors (Lipinski definition) is 2. The van der Waals surface area contributed by atoms with Crippen LogP contribution in [-0.4, -0.2) is 10.9 Å². The van der Waals surface area contributed by atoms with E-state index >= 15 is 0 Å². The Hall–Kier alpha value is -2.84. The molecule has 2 aromatic heterocycles. The fourth-order valence-electron chi connectivity index (χ4n) is 1.99. The molecule has 0 bridgehead atoms. The average molecular weight is 293 g/mol. The topological polar surface area (TPSA) is 68.0 Å². The minimum Gasteiger partial charge on any atom is -0.397 e. The van der Waals surface area contributed by atoms with Crippen LogP contribution in [0.2, 0.25) is 0 Å². The fraction of sp³-hybridized carbons (Fsp3) is 0. The van der Waals surface area contributed by atoms with E-state index in [-0.39, 0.29) is 5.91 Å². The van der Waals surface area contributed by atoms with E-state index in [2.05, 4.69) is 16.2 Å². The number of hydrogen-bond acceptors (Lipinski definition) is 4. The second-order valence-electron chi connectivity index (χ2n) is 4.38. The summed E-state index contributed by atoms with van der Waals surface area (Å²) < 4.78 is 0. The molecule has 0 saturated heterocycles. The third-order valence-electron chi connectivity index (χ3n) is 3.00. The van der Waals surface area contributed by atoms with Gasteiger partial charge in [0.1, 0.15) is 9.71 Å². The molecule has 0 atom stereocenters. The highest BCUT2D eigenvalue weighted by molar-refractivity contribution is 7.21. The van der Waals surface area contributed by atoms with Gasteiger partial charge >= 0.3 is 0 Å². The molecule has 21 heavy (non-hydrogen) atoms. The van der Waals surface area contributed by atoms with Gasteiger partial charge in [0, 0.05) is 22.8 Å². The monoisotopic (exact) mass is 293 g/mol. The molecule has 0 aliphatic carbocycles. The highest BCUT2D eigenvalue weighted by atomic mass is 32.1. The number of nitrogens with one attached hydrogen (secondary N) is 1. The Kier molecular flexibility index (Phi) is 3.30. The molecule has 0 spiro atoms. The van der Waals surface area contributed by atoms with Gasteiger partial charge in [0.05, 0.1) is 5.69 Å². The molecule has 4 nitrogen and oxygen atoms in total. The Bertz CT molecular complexity index is 877. The highest BCUT2D eigenvalue weighted by Crippen LogP contribution is 2.32. The normalized spacial score (nSPS) is 10.2. The van der Waals surface area contributed by atoms with Crippen LogP contribution in [0.25, 0.3) is 10.2 Å². The summed E-state index contributed by atoms with van der Waals surface area (Å²) in [5.41, 5.74) is 7.83. The number of nitrogen functional groups attached to an aromatic ring is 1. The van der Waals surface area contributed by atoms with Crippen LogP contribution in [-0.2, 0) is 0 Å². The molecule has 1 aromatic carbocycles. The number of fused-ring (bicyclic) bond motifs is 1. The summed E-state index contributed by atoms with van der Waals surface area (Å²) >= 11 is 1.27.